The molecule has 1 nitrogen and oxygen atoms in total. The number of rotatable bonds is 15. The van der Waals surface area contributed by atoms with Gasteiger partial charge in [-0.1, -0.05) is 90.0 Å². The monoisotopic (exact) mass is 502 g/mol. The molecule has 0 aliphatic heterocycles. The van der Waals surface area contributed by atoms with Crippen LogP contribution in [0.15, 0.2) is 30.3 Å². The number of hydrogen-bond acceptors (Lipinski definition) is 1. The summed E-state index contributed by atoms with van der Waals surface area (Å²) in [4.78, 5) is 0. The highest BCUT2D eigenvalue weighted by molar-refractivity contribution is 5.66. The quantitative estimate of drug-likeness (QED) is 0.220. The third-order valence-corrected chi connectivity index (χ3v) is 7.83. The van der Waals surface area contributed by atoms with E-state index in [4.69, 9.17) is 4.74 Å². The number of aryl methyl sites for hydroxylation is 2. The summed E-state index contributed by atoms with van der Waals surface area (Å²) in [5.74, 6) is -0.798. The maximum Gasteiger partial charge on any atom is 0.166 e. The van der Waals surface area contributed by atoms with E-state index in [-0.39, 0.29) is 12.7 Å². The molecule has 0 saturated heterocycles. The van der Waals surface area contributed by atoms with Gasteiger partial charge in [0.1, 0.15) is 6.17 Å². The van der Waals surface area contributed by atoms with Crippen LogP contribution < -0.4 is 0 Å². The topological polar surface area (TPSA) is 9.23 Å². The van der Waals surface area contributed by atoms with E-state index in [9.17, 15) is 4.39 Å². The molecular formula is C32H45F3O. The zero-order valence-electron chi connectivity index (χ0n) is 22.6. The number of fused-ring (bicyclic) bond motifs is 1. The molecule has 1 aliphatic rings. The first kappa shape index (κ1) is 28.8. The second kappa shape index (κ2) is 14.8. The SMILES string of the molecule is CCCCCCC(F)COC1CCc2cc(-c3ccc(CCCCC(C)CC)cc3)c(F)c(F)c2C1. The van der Waals surface area contributed by atoms with Crippen LogP contribution in [0.5, 0.6) is 0 Å². The highest BCUT2D eigenvalue weighted by atomic mass is 19.2. The molecule has 0 heterocycles. The number of unbranched alkanes of at least 4 members (excludes halogenated alkanes) is 4. The van der Waals surface area contributed by atoms with Gasteiger partial charge in [0.15, 0.2) is 11.6 Å². The Hall–Kier alpha value is -1.81. The normalized spacial score (nSPS) is 17.1. The Balaban J connectivity index is 1.56. The third kappa shape index (κ3) is 8.36. The van der Waals surface area contributed by atoms with Gasteiger partial charge in [-0.3, -0.25) is 0 Å². The molecule has 0 N–H and O–H groups in total. The molecular weight excluding hydrogens is 457 g/mol. The van der Waals surface area contributed by atoms with E-state index >= 15 is 8.78 Å². The highest BCUT2D eigenvalue weighted by Gasteiger charge is 2.27. The number of halogens is 3. The van der Waals surface area contributed by atoms with Gasteiger partial charge >= 0.3 is 0 Å². The highest BCUT2D eigenvalue weighted by Crippen LogP contribution is 2.34. The lowest BCUT2D eigenvalue weighted by Crippen LogP contribution is -2.27. The molecule has 2 aromatic carbocycles. The minimum Gasteiger partial charge on any atom is -0.375 e. The average molecular weight is 503 g/mol. The van der Waals surface area contributed by atoms with Gasteiger partial charge in [0.2, 0.25) is 0 Å². The minimum atomic E-state index is -0.991. The summed E-state index contributed by atoms with van der Waals surface area (Å²) in [6.07, 6.45) is 10.9. The molecule has 0 fully saturated rings. The van der Waals surface area contributed by atoms with Crippen molar-refractivity contribution in [1.29, 1.82) is 0 Å². The van der Waals surface area contributed by atoms with Crippen molar-refractivity contribution in [3.8, 4) is 11.1 Å². The van der Waals surface area contributed by atoms with Crippen molar-refractivity contribution in [2.75, 3.05) is 6.61 Å². The van der Waals surface area contributed by atoms with Gasteiger partial charge in [-0.25, -0.2) is 13.2 Å². The van der Waals surface area contributed by atoms with Gasteiger partial charge in [0.25, 0.3) is 0 Å². The van der Waals surface area contributed by atoms with Gasteiger partial charge in [-0.05, 0) is 66.3 Å². The molecule has 0 saturated carbocycles. The number of ether oxygens (including phenoxy) is 1. The van der Waals surface area contributed by atoms with E-state index in [0.29, 0.717) is 42.4 Å². The standard InChI is InChI=1S/C32H45F3O/c1-4-6-7-8-13-27(33)22-36-28-19-18-26-20-29(31(34)32(35)30(26)21-28)25-16-14-24(15-17-25)12-10-9-11-23(3)5-2/h14-17,20,23,27-28H,4-13,18-19,21-22H2,1-3H3. The van der Waals surface area contributed by atoms with Crippen molar-refractivity contribution >= 4 is 0 Å². The fourth-order valence-corrected chi connectivity index (χ4v) is 5.15. The molecule has 3 unspecified atom stereocenters. The second-order valence-electron chi connectivity index (χ2n) is 10.8. The summed E-state index contributed by atoms with van der Waals surface area (Å²) < 4.78 is 50.2. The molecule has 0 amide bonds. The fourth-order valence-electron chi connectivity index (χ4n) is 5.15. The van der Waals surface area contributed by atoms with E-state index in [0.717, 1.165) is 50.0 Å². The first-order valence-electron chi connectivity index (χ1n) is 14.3. The van der Waals surface area contributed by atoms with Crippen LogP contribution >= 0.6 is 0 Å². The van der Waals surface area contributed by atoms with Crippen LogP contribution in [0.4, 0.5) is 13.2 Å². The van der Waals surface area contributed by atoms with Crippen LogP contribution in [-0.4, -0.2) is 18.9 Å². The predicted octanol–water partition coefficient (Wildman–Crippen LogP) is 9.57. The number of alkyl halides is 1. The number of hydrogen-bond donors (Lipinski definition) is 0. The fraction of sp³-hybridized carbons (Fsp3) is 0.625. The molecule has 0 radical (unpaired) electrons. The molecule has 0 bridgehead atoms. The van der Waals surface area contributed by atoms with E-state index in [1.165, 1.54) is 24.8 Å². The third-order valence-electron chi connectivity index (χ3n) is 7.83. The van der Waals surface area contributed by atoms with Gasteiger partial charge in [-0.15, -0.1) is 0 Å². The summed E-state index contributed by atoms with van der Waals surface area (Å²) in [5.41, 5.74) is 3.50. The second-order valence-corrected chi connectivity index (χ2v) is 10.8. The first-order valence-corrected chi connectivity index (χ1v) is 14.3. The zero-order valence-corrected chi connectivity index (χ0v) is 22.6. The minimum absolute atomic E-state index is 0.0400. The van der Waals surface area contributed by atoms with Crippen LogP contribution in [0.25, 0.3) is 11.1 Å². The van der Waals surface area contributed by atoms with Crippen LogP contribution in [0.1, 0.15) is 102 Å². The summed E-state index contributed by atoms with van der Waals surface area (Å²) in [5, 5.41) is 0. The van der Waals surface area contributed by atoms with Gasteiger partial charge in [-0.2, -0.15) is 0 Å². The maximum absolute atomic E-state index is 15.1. The van der Waals surface area contributed by atoms with Crippen molar-refractivity contribution in [3.05, 3.63) is 58.7 Å². The van der Waals surface area contributed by atoms with Crippen molar-refractivity contribution in [1.82, 2.24) is 0 Å². The molecule has 1 aliphatic carbocycles. The Morgan fingerprint density at radius 2 is 1.69 bits per heavy atom. The van der Waals surface area contributed by atoms with Gasteiger partial charge in [0, 0.05) is 12.0 Å². The van der Waals surface area contributed by atoms with E-state index in [1.807, 2.05) is 24.3 Å². The predicted molar refractivity (Wildman–Crippen MR) is 144 cm³/mol. The van der Waals surface area contributed by atoms with E-state index in [1.54, 1.807) is 6.07 Å². The van der Waals surface area contributed by atoms with Crippen LogP contribution in [0.3, 0.4) is 0 Å². The first-order chi connectivity index (χ1) is 17.4. The molecule has 2 aromatic rings. The van der Waals surface area contributed by atoms with Crippen molar-refractivity contribution < 1.29 is 17.9 Å². The van der Waals surface area contributed by atoms with Crippen LogP contribution in [-0.2, 0) is 24.0 Å². The van der Waals surface area contributed by atoms with Crippen molar-refractivity contribution in [3.63, 3.8) is 0 Å². The van der Waals surface area contributed by atoms with Gasteiger partial charge in [0.05, 0.1) is 12.7 Å². The van der Waals surface area contributed by atoms with Crippen LogP contribution in [0.2, 0.25) is 0 Å². The Bertz CT molecular complexity index is 924. The Morgan fingerprint density at radius 3 is 2.42 bits per heavy atom. The lowest BCUT2D eigenvalue weighted by Gasteiger charge is -2.27. The molecule has 36 heavy (non-hydrogen) atoms. The molecule has 0 spiro atoms. The molecule has 4 heteroatoms. The Kier molecular flexibility index (Phi) is 11.8. The zero-order chi connectivity index (χ0) is 25.9. The lowest BCUT2D eigenvalue weighted by molar-refractivity contribution is 0.00865. The summed E-state index contributed by atoms with van der Waals surface area (Å²) in [7, 11) is 0. The molecule has 200 valence electrons. The molecule has 0 aromatic heterocycles. The van der Waals surface area contributed by atoms with Crippen molar-refractivity contribution in [2.45, 2.75) is 117 Å². The summed E-state index contributed by atoms with van der Waals surface area (Å²) in [6.45, 7) is 6.70. The summed E-state index contributed by atoms with van der Waals surface area (Å²) in [6, 6.07) is 9.69. The summed E-state index contributed by atoms with van der Waals surface area (Å²) >= 11 is 0. The number of benzene rings is 2. The van der Waals surface area contributed by atoms with Crippen molar-refractivity contribution in [2.24, 2.45) is 5.92 Å². The molecule has 3 atom stereocenters. The van der Waals surface area contributed by atoms with Crippen LogP contribution in [0, 0.1) is 17.6 Å². The maximum atomic E-state index is 15.1. The van der Waals surface area contributed by atoms with Gasteiger partial charge < -0.3 is 4.74 Å². The molecule has 3 rings (SSSR count). The largest absolute Gasteiger partial charge is 0.375 e. The van der Waals surface area contributed by atoms with E-state index in [2.05, 4.69) is 20.8 Å². The Labute approximate surface area is 216 Å². The van der Waals surface area contributed by atoms with E-state index < -0.39 is 17.8 Å². The average Bonchev–Trinajstić information content (AvgIpc) is 2.90. The lowest BCUT2D eigenvalue weighted by atomic mass is 9.86. The Morgan fingerprint density at radius 1 is 0.944 bits per heavy atom. The smallest absolute Gasteiger partial charge is 0.166 e.